The summed E-state index contributed by atoms with van der Waals surface area (Å²) in [4.78, 5) is 16.1. The molecule has 2 aromatic carbocycles. The molecule has 30 heavy (non-hydrogen) atoms. The van der Waals surface area contributed by atoms with Crippen molar-refractivity contribution in [1.82, 2.24) is 10.3 Å². The molecule has 1 aliphatic carbocycles. The summed E-state index contributed by atoms with van der Waals surface area (Å²) >= 11 is 0. The lowest BCUT2D eigenvalue weighted by molar-refractivity contribution is 0.251. The summed E-state index contributed by atoms with van der Waals surface area (Å²) < 4.78 is 31.0. The average molecular weight is 412 g/mol. The molecule has 4 N–H and O–H groups in total. The number of methoxy groups -OCH3 is 1. The van der Waals surface area contributed by atoms with Gasteiger partial charge in [-0.2, -0.15) is 0 Å². The number of fused-ring (bicyclic) bond motifs is 1. The lowest BCUT2D eigenvalue weighted by Gasteiger charge is -2.14. The molecular weight excluding hydrogens is 391 g/mol. The number of carbonyl (C=O) groups is 1. The predicted octanol–water partition coefficient (Wildman–Crippen LogP) is 3.75. The topological polar surface area (TPSA) is 108 Å². The number of ether oxygens (including phenoxy) is 3. The first-order valence-electron chi connectivity index (χ1n) is 9.42. The van der Waals surface area contributed by atoms with Crippen LogP contribution in [0.15, 0.2) is 42.6 Å². The molecule has 8 nitrogen and oxygen atoms in total. The van der Waals surface area contributed by atoms with Crippen molar-refractivity contribution in [1.29, 1.82) is 0 Å². The van der Waals surface area contributed by atoms with Crippen molar-refractivity contribution in [3.8, 4) is 23.0 Å². The molecule has 4 rings (SSSR count). The first kappa shape index (κ1) is 19.7. The van der Waals surface area contributed by atoms with Gasteiger partial charge in [0.15, 0.2) is 11.5 Å². The van der Waals surface area contributed by atoms with Gasteiger partial charge in [0.2, 0.25) is 0 Å². The van der Waals surface area contributed by atoms with E-state index >= 15 is 0 Å². The maximum atomic E-state index is 14.5. The fraction of sp³-hybridized carbons (Fsp3) is 0.238. The maximum Gasteiger partial charge on any atom is 0.319 e. The summed E-state index contributed by atoms with van der Waals surface area (Å²) in [6.07, 6.45) is 3.48. The van der Waals surface area contributed by atoms with Gasteiger partial charge in [-0.05, 0) is 37.1 Å². The molecule has 0 aliphatic heterocycles. The van der Waals surface area contributed by atoms with E-state index in [9.17, 15) is 9.18 Å². The number of anilines is 1. The predicted molar refractivity (Wildman–Crippen MR) is 110 cm³/mol. The summed E-state index contributed by atoms with van der Waals surface area (Å²) in [5.41, 5.74) is 6.17. The van der Waals surface area contributed by atoms with Crippen molar-refractivity contribution in [2.24, 2.45) is 5.73 Å². The number of halogens is 1. The van der Waals surface area contributed by atoms with Crippen LogP contribution >= 0.6 is 0 Å². The quantitative estimate of drug-likeness (QED) is 0.510. The highest BCUT2D eigenvalue weighted by Gasteiger charge is 2.23. The van der Waals surface area contributed by atoms with Gasteiger partial charge in [-0.15, -0.1) is 0 Å². The molecule has 0 bridgehead atoms. The second-order valence-corrected chi connectivity index (χ2v) is 6.76. The molecule has 1 saturated carbocycles. The Morgan fingerprint density at radius 3 is 2.73 bits per heavy atom. The molecule has 1 aromatic heterocycles. The highest BCUT2D eigenvalue weighted by molar-refractivity contribution is 5.90. The third-order valence-corrected chi connectivity index (χ3v) is 4.55. The van der Waals surface area contributed by atoms with Gasteiger partial charge in [0.05, 0.1) is 18.3 Å². The number of urea groups is 1. The third-order valence-electron chi connectivity index (χ3n) is 4.55. The van der Waals surface area contributed by atoms with E-state index in [1.54, 1.807) is 30.5 Å². The molecule has 3 aromatic rings. The van der Waals surface area contributed by atoms with Crippen LogP contribution in [0, 0.1) is 5.82 Å². The Balaban J connectivity index is 1.58. The highest BCUT2D eigenvalue weighted by atomic mass is 19.1. The van der Waals surface area contributed by atoms with Crippen molar-refractivity contribution < 1.29 is 23.4 Å². The largest absolute Gasteiger partial charge is 0.493 e. The van der Waals surface area contributed by atoms with Crippen molar-refractivity contribution in [2.45, 2.75) is 18.9 Å². The molecule has 0 saturated heterocycles. The lowest BCUT2D eigenvalue weighted by atomic mass is 10.2. The van der Waals surface area contributed by atoms with Crippen molar-refractivity contribution in [3.63, 3.8) is 0 Å². The minimum absolute atomic E-state index is 0.0215. The van der Waals surface area contributed by atoms with Crippen LogP contribution in [0.3, 0.4) is 0 Å². The number of aromatic nitrogens is 1. The Hall–Kier alpha value is -3.59. The van der Waals surface area contributed by atoms with Crippen LogP contribution in [0.25, 0.3) is 10.9 Å². The summed E-state index contributed by atoms with van der Waals surface area (Å²) in [5.74, 6) is 1.05. The molecular formula is C21H21FN4O4. The van der Waals surface area contributed by atoms with E-state index in [4.69, 9.17) is 19.9 Å². The van der Waals surface area contributed by atoms with Gasteiger partial charge in [0, 0.05) is 29.8 Å². The van der Waals surface area contributed by atoms with E-state index in [2.05, 4.69) is 15.6 Å². The number of rotatable bonds is 7. The lowest BCUT2D eigenvalue weighted by Crippen LogP contribution is -2.30. The molecule has 0 atom stereocenters. The van der Waals surface area contributed by atoms with Gasteiger partial charge in [0.25, 0.3) is 0 Å². The van der Waals surface area contributed by atoms with Crippen molar-refractivity contribution >= 4 is 22.6 Å². The summed E-state index contributed by atoms with van der Waals surface area (Å²) in [7, 11) is 1.52. The molecule has 1 fully saturated rings. The van der Waals surface area contributed by atoms with Crippen LogP contribution in [0.5, 0.6) is 23.0 Å². The molecule has 9 heteroatoms. The number of benzene rings is 2. The minimum Gasteiger partial charge on any atom is -0.493 e. The summed E-state index contributed by atoms with van der Waals surface area (Å²) in [6, 6.07) is 9.06. The normalized spacial score (nSPS) is 13.0. The summed E-state index contributed by atoms with van der Waals surface area (Å²) in [6.45, 7) is -0.0215. The number of nitrogens with zero attached hydrogens (tertiary/aromatic N) is 1. The van der Waals surface area contributed by atoms with Crippen LogP contribution in [0.4, 0.5) is 14.9 Å². The Kier molecular flexibility index (Phi) is 5.53. The average Bonchev–Trinajstić information content (AvgIpc) is 3.54. The van der Waals surface area contributed by atoms with Gasteiger partial charge in [-0.1, -0.05) is 0 Å². The zero-order valence-corrected chi connectivity index (χ0v) is 16.3. The number of carbonyl (C=O) groups excluding carboxylic acids is 1. The molecule has 1 aliphatic rings. The standard InChI is InChI=1S/C21H21FN4O4/c1-28-19-10-17-14(9-20(19)29-11-23)18(6-7-24-17)30-13-4-5-16(15(22)8-13)26-21(27)25-12-2-3-12/h4-10,12H,2-3,11,23H2,1H3,(H2,25,26,27). The third kappa shape index (κ3) is 4.36. The van der Waals surface area contributed by atoms with Crippen LogP contribution in [-0.4, -0.2) is 30.9 Å². The van der Waals surface area contributed by atoms with Crippen LogP contribution in [0.1, 0.15) is 12.8 Å². The van der Waals surface area contributed by atoms with Gasteiger partial charge in [-0.3, -0.25) is 10.7 Å². The smallest absolute Gasteiger partial charge is 0.319 e. The minimum atomic E-state index is -0.606. The fourth-order valence-corrected chi connectivity index (χ4v) is 2.94. The van der Waals surface area contributed by atoms with Crippen molar-refractivity contribution in [3.05, 3.63) is 48.4 Å². The van der Waals surface area contributed by atoms with E-state index in [1.807, 2.05) is 0 Å². The molecule has 2 amide bonds. The van der Waals surface area contributed by atoms with E-state index in [0.29, 0.717) is 28.2 Å². The molecule has 156 valence electrons. The Morgan fingerprint density at radius 1 is 1.20 bits per heavy atom. The number of hydrogen-bond donors (Lipinski definition) is 3. The number of hydrogen-bond acceptors (Lipinski definition) is 6. The molecule has 1 heterocycles. The number of pyridine rings is 1. The van der Waals surface area contributed by atoms with E-state index in [-0.39, 0.29) is 24.2 Å². The van der Waals surface area contributed by atoms with Gasteiger partial charge in [-0.25, -0.2) is 9.18 Å². The van der Waals surface area contributed by atoms with E-state index < -0.39 is 11.8 Å². The molecule has 0 spiro atoms. The van der Waals surface area contributed by atoms with Crippen molar-refractivity contribution in [2.75, 3.05) is 19.2 Å². The Morgan fingerprint density at radius 2 is 2.03 bits per heavy atom. The van der Waals surface area contributed by atoms with Gasteiger partial charge in [0.1, 0.15) is 24.0 Å². The van der Waals surface area contributed by atoms with E-state index in [0.717, 1.165) is 12.8 Å². The van der Waals surface area contributed by atoms with E-state index in [1.165, 1.54) is 19.2 Å². The molecule has 0 radical (unpaired) electrons. The Bertz CT molecular complexity index is 1090. The highest BCUT2D eigenvalue weighted by Crippen LogP contribution is 2.37. The van der Waals surface area contributed by atoms with Gasteiger partial charge < -0.3 is 24.8 Å². The zero-order chi connectivity index (χ0) is 21.1. The van der Waals surface area contributed by atoms with Gasteiger partial charge >= 0.3 is 6.03 Å². The summed E-state index contributed by atoms with van der Waals surface area (Å²) in [5, 5.41) is 5.89. The number of nitrogens with one attached hydrogen (secondary N) is 2. The first-order chi connectivity index (χ1) is 14.6. The molecule has 0 unspecified atom stereocenters. The SMILES string of the molecule is COc1cc2nccc(Oc3ccc(NC(=O)NC4CC4)c(F)c3)c2cc1OCN. The zero-order valence-electron chi connectivity index (χ0n) is 16.3. The van der Waals surface area contributed by atoms with Crippen LogP contribution < -0.4 is 30.6 Å². The maximum absolute atomic E-state index is 14.5. The second kappa shape index (κ2) is 8.42. The number of amides is 2. The Labute approximate surface area is 172 Å². The van der Waals surface area contributed by atoms with Crippen LogP contribution in [-0.2, 0) is 0 Å². The second-order valence-electron chi connectivity index (χ2n) is 6.76. The van der Waals surface area contributed by atoms with Crippen LogP contribution in [0.2, 0.25) is 0 Å². The first-order valence-corrected chi connectivity index (χ1v) is 9.42. The fourth-order valence-electron chi connectivity index (χ4n) is 2.94. The monoisotopic (exact) mass is 412 g/mol. The number of nitrogens with two attached hydrogens (primary N) is 1.